The summed E-state index contributed by atoms with van der Waals surface area (Å²) in [5.41, 5.74) is 1.69. The number of carbonyl (C=O) groups is 1. The third kappa shape index (κ3) is 5.36. The fourth-order valence-corrected chi connectivity index (χ4v) is 2.71. The van der Waals surface area contributed by atoms with E-state index in [-0.39, 0.29) is 10.8 Å². The summed E-state index contributed by atoms with van der Waals surface area (Å²) in [5, 5.41) is -0.0286. The summed E-state index contributed by atoms with van der Waals surface area (Å²) in [6.45, 7) is 12.3. The summed E-state index contributed by atoms with van der Waals surface area (Å²) < 4.78 is 0. The fraction of sp³-hybridized carbons (Fsp3) is 0.647. The van der Waals surface area contributed by atoms with Gasteiger partial charge in [0.1, 0.15) is 5.69 Å². The Morgan fingerprint density at radius 1 is 1.33 bits per heavy atom. The predicted molar refractivity (Wildman–Crippen MR) is 90.1 cm³/mol. The van der Waals surface area contributed by atoms with Crippen LogP contribution in [-0.4, -0.2) is 23.9 Å². The second kappa shape index (κ2) is 6.84. The van der Waals surface area contributed by atoms with Crippen LogP contribution in [0.5, 0.6) is 0 Å². The highest BCUT2D eigenvalue weighted by atomic mass is 28.4. The van der Waals surface area contributed by atoms with E-state index >= 15 is 0 Å². The van der Waals surface area contributed by atoms with Crippen molar-refractivity contribution in [3.63, 3.8) is 0 Å². The molecule has 0 fully saturated rings. The van der Waals surface area contributed by atoms with Gasteiger partial charge >= 0.3 is 0 Å². The summed E-state index contributed by atoms with van der Waals surface area (Å²) in [6.07, 6.45) is 4.17. The Morgan fingerprint density at radius 3 is 2.38 bits per heavy atom. The molecule has 1 aromatic heterocycles. The Balaban J connectivity index is 2.66. The third-order valence-electron chi connectivity index (χ3n) is 4.40. The van der Waals surface area contributed by atoms with Crippen LogP contribution < -0.4 is 0 Å². The zero-order valence-corrected chi connectivity index (χ0v) is 15.2. The van der Waals surface area contributed by atoms with Gasteiger partial charge in [-0.25, -0.2) is 0 Å². The summed E-state index contributed by atoms with van der Waals surface area (Å²) in [7, 11) is -2.16. The minimum absolute atomic E-state index is 0.0286. The molecule has 0 atom stereocenters. The average molecular weight is 308 g/mol. The molecule has 1 rings (SSSR count). The first-order valence-corrected chi connectivity index (χ1v) is 10.7. The summed E-state index contributed by atoms with van der Waals surface area (Å²) in [5.74, 6) is 0.470. The highest BCUT2D eigenvalue weighted by Crippen LogP contribution is 2.39. The van der Waals surface area contributed by atoms with Gasteiger partial charge in [-0.15, -0.1) is 0 Å². The van der Waals surface area contributed by atoms with Gasteiger partial charge in [-0.05, 0) is 48.5 Å². The minimum atomic E-state index is -2.16. The van der Waals surface area contributed by atoms with Crippen molar-refractivity contribution in [2.75, 3.05) is 0 Å². The summed E-state index contributed by atoms with van der Waals surface area (Å²) >= 11 is 0. The van der Waals surface area contributed by atoms with Gasteiger partial charge in [0, 0.05) is 12.6 Å². The topological polar surface area (TPSA) is 50.2 Å². The van der Waals surface area contributed by atoms with Crippen molar-refractivity contribution in [2.24, 2.45) is 5.92 Å². The lowest BCUT2D eigenvalue weighted by Crippen LogP contribution is -2.39. The second-order valence-electron chi connectivity index (χ2n) is 7.52. The van der Waals surface area contributed by atoms with Gasteiger partial charge in [0.2, 0.25) is 0 Å². The Bertz CT molecular complexity index is 473. The number of aromatic nitrogens is 1. The van der Waals surface area contributed by atoms with Gasteiger partial charge in [0.05, 0.1) is 0 Å². The monoisotopic (exact) mass is 307 g/mol. The molecule has 0 aliphatic heterocycles. The molecule has 0 bridgehead atoms. The maximum atomic E-state index is 11.9. The number of hydrogen-bond donors (Lipinski definition) is 1. The second-order valence-corrected chi connectivity index (χ2v) is 12.0. The van der Waals surface area contributed by atoms with Gasteiger partial charge in [0.25, 0.3) is 0 Å². The highest BCUT2D eigenvalue weighted by molar-refractivity contribution is 6.72. The zero-order valence-electron chi connectivity index (χ0n) is 14.2. The first-order valence-electron chi connectivity index (χ1n) is 7.73. The van der Waals surface area contributed by atoms with Crippen LogP contribution in [0, 0.1) is 5.92 Å². The maximum Gasteiger partial charge on any atom is 0.188 e. The number of pyridine rings is 1. The van der Waals surface area contributed by atoms with Crippen molar-refractivity contribution < 1.29 is 9.59 Å². The molecule has 0 radical (unpaired) electrons. The van der Waals surface area contributed by atoms with Gasteiger partial charge < -0.3 is 4.80 Å². The van der Waals surface area contributed by atoms with E-state index in [4.69, 9.17) is 0 Å². The van der Waals surface area contributed by atoms with Gasteiger partial charge in [-0.2, -0.15) is 0 Å². The zero-order chi connectivity index (χ0) is 16.3. The molecule has 4 heteroatoms. The molecule has 0 spiro atoms. The van der Waals surface area contributed by atoms with Crippen LogP contribution in [0.2, 0.25) is 18.1 Å². The molecule has 1 aromatic rings. The van der Waals surface area contributed by atoms with E-state index in [1.807, 2.05) is 39.1 Å². The van der Waals surface area contributed by atoms with Gasteiger partial charge in [-0.3, -0.25) is 9.78 Å². The van der Waals surface area contributed by atoms with E-state index in [0.717, 1.165) is 18.4 Å². The number of nitrogens with zero attached hydrogens (tertiary/aromatic N) is 1. The Hall–Kier alpha value is -1.00. The van der Waals surface area contributed by atoms with Crippen LogP contribution in [0.4, 0.5) is 0 Å². The van der Waals surface area contributed by atoms with E-state index in [0.29, 0.717) is 18.0 Å². The van der Waals surface area contributed by atoms with E-state index in [1.165, 1.54) is 0 Å². The number of rotatable bonds is 7. The van der Waals surface area contributed by atoms with Crippen LogP contribution in [0.25, 0.3) is 0 Å². The molecule has 1 N–H and O–H groups in total. The molecule has 0 unspecified atom stereocenters. The molecule has 21 heavy (non-hydrogen) atoms. The van der Waals surface area contributed by atoms with Crippen molar-refractivity contribution in [1.29, 1.82) is 0 Å². The highest BCUT2D eigenvalue weighted by Gasteiger charge is 2.37. The molecular formula is C17H29NO2Si. The van der Waals surface area contributed by atoms with E-state index in [2.05, 4.69) is 18.8 Å². The third-order valence-corrected chi connectivity index (χ3v) is 7.96. The quantitative estimate of drug-likeness (QED) is 0.606. The van der Waals surface area contributed by atoms with Gasteiger partial charge in [0.15, 0.2) is 14.1 Å². The van der Waals surface area contributed by atoms with Crippen molar-refractivity contribution in [2.45, 2.75) is 65.1 Å². The Morgan fingerprint density at radius 2 is 1.95 bits per heavy atom. The van der Waals surface area contributed by atoms with Crippen LogP contribution in [0.15, 0.2) is 18.3 Å². The number of Topliss-reactive ketones (excluding diaryl/α,β-unsaturated/α-hetero) is 1. The molecule has 0 aliphatic rings. The molecule has 118 valence electrons. The number of aryl methyl sites for hydroxylation is 1. The SMILES string of the molecule is CC(C)CC(=O)c1ccc(CCC(C)(C)[Si](C)(C)O)cn1. The fourth-order valence-electron chi connectivity index (χ4n) is 1.98. The van der Waals surface area contributed by atoms with Crippen molar-refractivity contribution in [1.82, 2.24) is 4.98 Å². The Labute approximate surface area is 129 Å². The molecule has 0 saturated heterocycles. The van der Waals surface area contributed by atoms with Crippen molar-refractivity contribution in [3.05, 3.63) is 29.6 Å². The predicted octanol–water partition coefficient (Wildman–Crippen LogP) is 4.22. The van der Waals surface area contributed by atoms with Crippen LogP contribution in [0.1, 0.15) is 56.6 Å². The first kappa shape index (κ1) is 18.0. The normalized spacial score (nSPS) is 12.8. The number of ketones is 1. The molecule has 0 aliphatic carbocycles. The molecule has 0 saturated carbocycles. The average Bonchev–Trinajstić information content (AvgIpc) is 2.35. The first-order chi connectivity index (χ1) is 9.53. The molecule has 3 nitrogen and oxygen atoms in total. The standard InChI is InChI=1S/C17H29NO2Si/c1-13(2)11-16(19)15-8-7-14(12-18-15)9-10-17(3,4)21(5,6)20/h7-8,12-13,20H,9-11H2,1-6H3. The van der Waals surface area contributed by atoms with E-state index in [1.54, 1.807) is 6.20 Å². The van der Waals surface area contributed by atoms with E-state index < -0.39 is 8.32 Å². The molecular weight excluding hydrogens is 278 g/mol. The number of hydrogen-bond acceptors (Lipinski definition) is 3. The molecule has 1 heterocycles. The van der Waals surface area contributed by atoms with Crippen LogP contribution in [0.3, 0.4) is 0 Å². The summed E-state index contributed by atoms with van der Waals surface area (Å²) in [4.78, 5) is 26.5. The molecule has 0 amide bonds. The maximum absolute atomic E-state index is 11.9. The minimum Gasteiger partial charge on any atom is -0.432 e. The lowest BCUT2D eigenvalue weighted by atomic mass is 10.0. The Kier molecular flexibility index (Phi) is 5.88. The lowest BCUT2D eigenvalue weighted by Gasteiger charge is -2.35. The number of carbonyl (C=O) groups excluding carboxylic acids is 1. The van der Waals surface area contributed by atoms with Crippen molar-refractivity contribution >= 4 is 14.1 Å². The van der Waals surface area contributed by atoms with E-state index in [9.17, 15) is 9.59 Å². The lowest BCUT2D eigenvalue weighted by molar-refractivity contribution is 0.0963. The van der Waals surface area contributed by atoms with Gasteiger partial charge in [-0.1, -0.05) is 33.8 Å². The summed E-state index contributed by atoms with van der Waals surface area (Å²) in [6, 6.07) is 3.82. The molecule has 0 aromatic carbocycles. The van der Waals surface area contributed by atoms with Crippen molar-refractivity contribution in [3.8, 4) is 0 Å². The smallest absolute Gasteiger partial charge is 0.188 e. The largest absolute Gasteiger partial charge is 0.432 e. The van der Waals surface area contributed by atoms with Crippen LogP contribution >= 0.6 is 0 Å². The van der Waals surface area contributed by atoms with Crippen LogP contribution in [-0.2, 0) is 6.42 Å².